The highest BCUT2D eigenvalue weighted by molar-refractivity contribution is 7.99. The molecule has 2 aromatic rings. The zero-order valence-electron chi connectivity index (χ0n) is 18.5. The molecule has 1 aliphatic heterocycles. The van der Waals surface area contributed by atoms with Gasteiger partial charge in [-0.2, -0.15) is 0 Å². The molecule has 1 fully saturated rings. The lowest BCUT2D eigenvalue weighted by atomic mass is 10.1. The van der Waals surface area contributed by atoms with E-state index in [1.807, 2.05) is 0 Å². The van der Waals surface area contributed by atoms with E-state index >= 15 is 0 Å². The number of halogens is 2. The zero-order valence-corrected chi connectivity index (χ0v) is 20.8. The first-order valence-electron chi connectivity index (χ1n) is 10.5. The quantitative estimate of drug-likeness (QED) is 0.463. The molecule has 3 N–H and O–H groups in total. The summed E-state index contributed by atoms with van der Waals surface area (Å²) in [5.41, 5.74) is 0.617. The lowest BCUT2D eigenvalue weighted by molar-refractivity contribution is -0.142. The minimum atomic E-state index is -1.25. The number of carboxylic acids is 1. The molecule has 3 rings (SSSR count). The second kappa shape index (κ2) is 12.1. The Morgan fingerprint density at radius 3 is 2.54 bits per heavy atom. The summed E-state index contributed by atoms with van der Waals surface area (Å²) >= 11 is 13.5. The van der Waals surface area contributed by atoms with Crippen LogP contribution in [0.3, 0.4) is 0 Å². The fourth-order valence-corrected chi connectivity index (χ4v) is 4.97. The van der Waals surface area contributed by atoms with Gasteiger partial charge in [0.25, 0.3) is 5.91 Å². The molecule has 1 unspecified atom stereocenters. The molecule has 1 aromatic carbocycles. The molecule has 0 saturated carbocycles. The summed E-state index contributed by atoms with van der Waals surface area (Å²) < 4.78 is 4.96. The lowest BCUT2D eigenvalue weighted by Gasteiger charge is -2.24. The summed E-state index contributed by atoms with van der Waals surface area (Å²) in [6.45, 7) is 1.83. The number of carboxylic acid groups (broad SMARTS) is 1. The van der Waals surface area contributed by atoms with Crippen LogP contribution < -0.4 is 10.6 Å². The van der Waals surface area contributed by atoms with Crippen molar-refractivity contribution in [2.75, 3.05) is 23.6 Å². The van der Waals surface area contributed by atoms with Crippen LogP contribution >= 0.6 is 35.0 Å². The Morgan fingerprint density at radius 1 is 1.23 bits per heavy atom. The highest BCUT2D eigenvalue weighted by atomic mass is 35.5. The van der Waals surface area contributed by atoms with Crippen LogP contribution in [0.15, 0.2) is 36.5 Å². The van der Waals surface area contributed by atoms with Crippen molar-refractivity contribution in [2.45, 2.75) is 25.4 Å². The van der Waals surface area contributed by atoms with E-state index in [2.05, 4.69) is 15.6 Å². The fraction of sp³-hybridized carbons (Fsp3) is 0.318. The van der Waals surface area contributed by atoms with Gasteiger partial charge in [-0.05, 0) is 30.7 Å². The Kier molecular flexibility index (Phi) is 9.19. The van der Waals surface area contributed by atoms with Crippen molar-refractivity contribution in [3.8, 4) is 0 Å². The van der Waals surface area contributed by atoms with Gasteiger partial charge in [-0.3, -0.25) is 14.5 Å². The average molecular weight is 541 g/mol. The normalized spacial score (nSPS) is 15.9. The van der Waals surface area contributed by atoms with Crippen molar-refractivity contribution in [3.63, 3.8) is 0 Å². The molecule has 1 saturated heterocycles. The highest BCUT2D eigenvalue weighted by Crippen LogP contribution is 2.25. The molecule has 0 spiro atoms. The van der Waals surface area contributed by atoms with Crippen LogP contribution in [-0.2, 0) is 20.7 Å². The van der Waals surface area contributed by atoms with E-state index in [4.69, 9.17) is 27.9 Å². The van der Waals surface area contributed by atoms with Crippen molar-refractivity contribution in [2.24, 2.45) is 0 Å². The van der Waals surface area contributed by atoms with E-state index in [0.29, 0.717) is 11.3 Å². The number of rotatable bonds is 8. The molecule has 0 aliphatic carbocycles. The number of pyridine rings is 1. The standard InChI is InChI=1S/C22H22Cl2N4O6S/c1-2-34-22(33)28-11-35-10-16(28)19(29)26-15(21(31)32)8-12-6-7-17(25-9-12)27-20(30)18-13(23)4-3-5-14(18)24/h3-7,9,15-16H,2,8,10-11H2,1H3,(H,26,29)(H,31,32)(H,25,27,30)/t15-,16?/m0/s1. The van der Waals surface area contributed by atoms with Gasteiger partial charge in [0.2, 0.25) is 5.91 Å². The summed E-state index contributed by atoms with van der Waals surface area (Å²) in [5, 5.41) is 15.1. The van der Waals surface area contributed by atoms with Gasteiger partial charge in [-0.25, -0.2) is 14.6 Å². The molecule has 2 heterocycles. The third-order valence-corrected chi connectivity index (χ3v) is 6.64. The summed E-state index contributed by atoms with van der Waals surface area (Å²) in [4.78, 5) is 54.4. The Hall–Kier alpha value is -3.02. The number of hydrogen-bond acceptors (Lipinski definition) is 7. The number of hydrogen-bond donors (Lipinski definition) is 3. The second-order valence-corrected chi connectivity index (χ2v) is 9.20. The third-order valence-electron chi connectivity index (χ3n) is 5.00. The first kappa shape index (κ1) is 26.6. The Morgan fingerprint density at radius 2 is 1.94 bits per heavy atom. The number of amides is 3. The molecular formula is C22H22Cl2N4O6S. The molecular weight excluding hydrogens is 519 g/mol. The Bertz CT molecular complexity index is 1100. The van der Waals surface area contributed by atoms with Gasteiger partial charge in [0.15, 0.2) is 0 Å². The fourth-order valence-electron chi connectivity index (χ4n) is 3.26. The van der Waals surface area contributed by atoms with Crippen LogP contribution in [0, 0.1) is 0 Å². The monoisotopic (exact) mass is 540 g/mol. The lowest BCUT2D eigenvalue weighted by Crippen LogP contribution is -2.52. The highest BCUT2D eigenvalue weighted by Gasteiger charge is 2.37. The average Bonchev–Trinajstić information content (AvgIpc) is 3.30. The number of aliphatic carboxylic acids is 1. The van der Waals surface area contributed by atoms with Crippen LogP contribution in [0.2, 0.25) is 10.0 Å². The summed E-state index contributed by atoms with van der Waals surface area (Å²) in [6.07, 6.45) is 0.713. The summed E-state index contributed by atoms with van der Waals surface area (Å²) in [6, 6.07) is 5.69. The predicted octanol–water partition coefficient (Wildman–Crippen LogP) is 3.28. The van der Waals surface area contributed by atoms with E-state index in [1.54, 1.807) is 19.1 Å². The topological polar surface area (TPSA) is 138 Å². The SMILES string of the molecule is CCOC(=O)N1CSCC1C(=O)N[C@@H](Cc1ccc(NC(=O)c2c(Cl)cccc2Cl)nc1)C(=O)O. The number of carbonyl (C=O) groups is 4. The third kappa shape index (κ3) is 6.77. The van der Waals surface area contributed by atoms with Gasteiger partial charge in [-0.15, -0.1) is 11.8 Å². The molecule has 3 amide bonds. The number of nitrogens with zero attached hydrogens (tertiary/aromatic N) is 2. The zero-order chi connectivity index (χ0) is 25.5. The summed E-state index contributed by atoms with van der Waals surface area (Å²) in [5.74, 6) is -1.54. The Balaban J connectivity index is 1.63. The van der Waals surface area contributed by atoms with Gasteiger partial charge in [0.05, 0.1) is 28.1 Å². The largest absolute Gasteiger partial charge is 0.480 e. The number of benzene rings is 1. The van der Waals surface area contributed by atoms with Crippen LogP contribution in [0.1, 0.15) is 22.8 Å². The van der Waals surface area contributed by atoms with Gasteiger partial charge in [0.1, 0.15) is 17.9 Å². The number of aromatic nitrogens is 1. The molecule has 35 heavy (non-hydrogen) atoms. The summed E-state index contributed by atoms with van der Waals surface area (Å²) in [7, 11) is 0. The maximum absolute atomic E-state index is 12.7. The molecule has 186 valence electrons. The van der Waals surface area contributed by atoms with E-state index < -0.39 is 36.0 Å². The van der Waals surface area contributed by atoms with E-state index in [1.165, 1.54) is 41.1 Å². The minimum Gasteiger partial charge on any atom is -0.480 e. The van der Waals surface area contributed by atoms with Crippen molar-refractivity contribution >= 4 is 64.7 Å². The molecule has 0 radical (unpaired) electrons. The molecule has 1 aromatic heterocycles. The number of thioether (sulfide) groups is 1. The van der Waals surface area contributed by atoms with E-state index in [-0.39, 0.29) is 40.3 Å². The first-order valence-corrected chi connectivity index (χ1v) is 12.4. The van der Waals surface area contributed by atoms with Crippen LogP contribution in [0.4, 0.5) is 10.6 Å². The van der Waals surface area contributed by atoms with Gasteiger partial charge in [0, 0.05) is 18.4 Å². The van der Waals surface area contributed by atoms with Crippen molar-refractivity contribution < 1.29 is 29.0 Å². The smallest absolute Gasteiger partial charge is 0.411 e. The predicted molar refractivity (Wildman–Crippen MR) is 132 cm³/mol. The van der Waals surface area contributed by atoms with E-state index in [0.717, 1.165) is 0 Å². The molecule has 2 atom stereocenters. The Labute approximate surface area is 215 Å². The maximum atomic E-state index is 12.7. The minimum absolute atomic E-state index is 0.0576. The second-order valence-electron chi connectivity index (χ2n) is 7.39. The molecule has 10 nitrogen and oxygen atoms in total. The number of ether oxygens (including phenoxy) is 1. The number of nitrogens with one attached hydrogen (secondary N) is 2. The number of carbonyl (C=O) groups excluding carboxylic acids is 3. The number of anilines is 1. The molecule has 0 bridgehead atoms. The van der Waals surface area contributed by atoms with Crippen LogP contribution in [-0.4, -0.2) is 69.2 Å². The maximum Gasteiger partial charge on any atom is 0.411 e. The van der Waals surface area contributed by atoms with Gasteiger partial charge >= 0.3 is 12.1 Å². The molecule has 1 aliphatic rings. The van der Waals surface area contributed by atoms with Gasteiger partial charge < -0.3 is 20.5 Å². The van der Waals surface area contributed by atoms with Crippen molar-refractivity contribution in [1.82, 2.24) is 15.2 Å². The van der Waals surface area contributed by atoms with Gasteiger partial charge in [-0.1, -0.05) is 35.3 Å². The van der Waals surface area contributed by atoms with Crippen LogP contribution in [0.5, 0.6) is 0 Å². The van der Waals surface area contributed by atoms with Crippen LogP contribution in [0.25, 0.3) is 0 Å². The van der Waals surface area contributed by atoms with Crippen molar-refractivity contribution in [3.05, 3.63) is 57.7 Å². The van der Waals surface area contributed by atoms with Crippen molar-refractivity contribution in [1.29, 1.82) is 0 Å². The first-order chi connectivity index (χ1) is 16.7. The molecule has 13 heteroatoms. The van der Waals surface area contributed by atoms with E-state index in [9.17, 15) is 24.3 Å².